The number of hydrogen-bond donors (Lipinski definition) is 2. The summed E-state index contributed by atoms with van der Waals surface area (Å²) in [4.78, 5) is 8.50. The lowest BCUT2D eigenvalue weighted by atomic mass is 10.1. The molecule has 2 aromatic heterocycles. The Hall–Kier alpha value is -1.99. The smallest absolute Gasteiger partial charge is 0.237 e. The molecule has 3 N–H and O–H groups in total. The minimum absolute atomic E-state index is 0.314. The third-order valence-electron chi connectivity index (χ3n) is 3.14. The number of nitrogens with zero attached hydrogens (tertiary/aromatic N) is 4. The van der Waals surface area contributed by atoms with E-state index in [1.807, 2.05) is 17.7 Å². The number of hydrazine groups is 1. The monoisotopic (exact) mass is 276 g/mol. The van der Waals surface area contributed by atoms with Crippen molar-refractivity contribution in [2.24, 2.45) is 5.84 Å². The van der Waals surface area contributed by atoms with Gasteiger partial charge in [0.05, 0.1) is 18.5 Å². The van der Waals surface area contributed by atoms with Gasteiger partial charge in [-0.25, -0.2) is 10.4 Å². The molecule has 2 aromatic rings. The molecule has 2 rings (SSSR count). The SMILES string of the molecule is CCc1cc(C(NN)c2nccnc2OC)n(CC)n1. The van der Waals surface area contributed by atoms with Crippen molar-refractivity contribution in [3.8, 4) is 5.88 Å². The van der Waals surface area contributed by atoms with Crippen molar-refractivity contribution in [3.05, 3.63) is 35.5 Å². The molecule has 0 aromatic carbocycles. The molecule has 108 valence electrons. The highest BCUT2D eigenvalue weighted by Gasteiger charge is 2.23. The van der Waals surface area contributed by atoms with Gasteiger partial charge in [-0.1, -0.05) is 6.92 Å². The van der Waals surface area contributed by atoms with Crippen molar-refractivity contribution >= 4 is 0 Å². The first-order valence-corrected chi connectivity index (χ1v) is 6.62. The fourth-order valence-electron chi connectivity index (χ4n) is 2.14. The molecule has 2 heterocycles. The predicted molar refractivity (Wildman–Crippen MR) is 75.0 cm³/mol. The van der Waals surface area contributed by atoms with E-state index in [0.29, 0.717) is 11.6 Å². The molecule has 0 aliphatic rings. The van der Waals surface area contributed by atoms with Crippen LogP contribution in [0.4, 0.5) is 0 Å². The van der Waals surface area contributed by atoms with E-state index in [4.69, 9.17) is 10.6 Å². The van der Waals surface area contributed by atoms with Gasteiger partial charge < -0.3 is 4.74 Å². The Balaban J connectivity index is 2.49. The van der Waals surface area contributed by atoms with Crippen LogP contribution in [0.5, 0.6) is 5.88 Å². The first-order chi connectivity index (χ1) is 9.74. The molecule has 0 amide bonds. The van der Waals surface area contributed by atoms with Crippen LogP contribution in [0, 0.1) is 0 Å². The average molecular weight is 276 g/mol. The number of aryl methyl sites for hydroxylation is 2. The first kappa shape index (κ1) is 14.4. The summed E-state index contributed by atoms with van der Waals surface area (Å²) in [6.07, 6.45) is 4.08. The number of nitrogens with two attached hydrogens (primary N) is 1. The zero-order valence-electron chi connectivity index (χ0n) is 12.0. The lowest BCUT2D eigenvalue weighted by molar-refractivity contribution is 0.380. The van der Waals surface area contributed by atoms with Gasteiger partial charge in [-0.15, -0.1) is 0 Å². The van der Waals surface area contributed by atoms with Gasteiger partial charge in [-0.2, -0.15) is 5.10 Å². The van der Waals surface area contributed by atoms with Gasteiger partial charge in [0.15, 0.2) is 0 Å². The Kier molecular flexibility index (Phi) is 4.65. The van der Waals surface area contributed by atoms with Crippen molar-refractivity contribution < 1.29 is 4.74 Å². The minimum atomic E-state index is -0.314. The minimum Gasteiger partial charge on any atom is -0.480 e. The normalized spacial score (nSPS) is 12.4. The van der Waals surface area contributed by atoms with E-state index in [2.05, 4.69) is 27.4 Å². The maximum absolute atomic E-state index is 5.72. The molecule has 1 unspecified atom stereocenters. The van der Waals surface area contributed by atoms with Crippen LogP contribution in [-0.2, 0) is 13.0 Å². The van der Waals surface area contributed by atoms with E-state index in [1.165, 1.54) is 0 Å². The number of hydrogen-bond acceptors (Lipinski definition) is 6. The second kappa shape index (κ2) is 6.44. The van der Waals surface area contributed by atoms with E-state index in [9.17, 15) is 0 Å². The van der Waals surface area contributed by atoms with Crippen molar-refractivity contribution in [2.75, 3.05) is 7.11 Å². The maximum atomic E-state index is 5.72. The van der Waals surface area contributed by atoms with Crippen molar-refractivity contribution in [1.82, 2.24) is 25.2 Å². The zero-order chi connectivity index (χ0) is 14.5. The molecule has 0 saturated carbocycles. The molecular weight excluding hydrogens is 256 g/mol. The Labute approximate surface area is 118 Å². The van der Waals surface area contributed by atoms with Crippen molar-refractivity contribution in [1.29, 1.82) is 0 Å². The summed E-state index contributed by atoms with van der Waals surface area (Å²) >= 11 is 0. The Morgan fingerprint density at radius 3 is 2.70 bits per heavy atom. The van der Waals surface area contributed by atoms with Gasteiger partial charge in [0.25, 0.3) is 0 Å². The fourth-order valence-corrected chi connectivity index (χ4v) is 2.14. The van der Waals surface area contributed by atoms with Crippen molar-refractivity contribution in [3.63, 3.8) is 0 Å². The summed E-state index contributed by atoms with van der Waals surface area (Å²) < 4.78 is 7.17. The second-order valence-corrected chi connectivity index (χ2v) is 4.28. The molecule has 0 spiro atoms. The summed E-state index contributed by atoms with van der Waals surface area (Å²) in [6, 6.07) is 1.72. The fraction of sp³-hybridized carbons (Fsp3) is 0.462. The molecule has 0 fully saturated rings. The zero-order valence-corrected chi connectivity index (χ0v) is 12.0. The van der Waals surface area contributed by atoms with Crippen LogP contribution in [0.25, 0.3) is 0 Å². The molecule has 0 bridgehead atoms. The van der Waals surface area contributed by atoms with E-state index >= 15 is 0 Å². The third kappa shape index (κ3) is 2.63. The highest BCUT2D eigenvalue weighted by atomic mass is 16.5. The van der Waals surface area contributed by atoms with Gasteiger partial charge in [0, 0.05) is 18.9 Å². The van der Waals surface area contributed by atoms with Gasteiger partial charge in [-0.05, 0) is 19.4 Å². The molecule has 1 atom stereocenters. The summed E-state index contributed by atoms with van der Waals surface area (Å²) in [7, 11) is 1.57. The number of methoxy groups -OCH3 is 1. The van der Waals surface area contributed by atoms with Crippen LogP contribution >= 0.6 is 0 Å². The van der Waals surface area contributed by atoms with Crippen LogP contribution in [-0.4, -0.2) is 26.9 Å². The summed E-state index contributed by atoms with van der Waals surface area (Å²) in [6.45, 7) is 4.87. The number of aromatic nitrogens is 4. The van der Waals surface area contributed by atoms with Crippen LogP contribution < -0.4 is 16.0 Å². The number of nitrogens with one attached hydrogen (secondary N) is 1. The summed E-state index contributed by atoms with van der Waals surface area (Å²) in [5, 5.41) is 4.53. The molecule has 0 radical (unpaired) electrons. The quantitative estimate of drug-likeness (QED) is 0.599. The van der Waals surface area contributed by atoms with E-state index in [-0.39, 0.29) is 6.04 Å². The van der Waals surface area contributed by atoms with Crippen molar-refractivity contribution in [2.45, 2.75) is 32.9 Å². The summed E-state index contributed by atoms with van der Waals surface area (Å²) in [5.41, 5.74) is 5.39. The largest absolute Gasteiger partial charge is 0.480 e. The maximum Gasteiger partial charge on any atom is 0.237 e. The van der Waals surface area contributed by atoms with Crippen LogP contribution in [0.3, 0.4) is 0 Å². The lowest BCUT2D eigenvalue weighted by Crippen LogP contribution is -2.31. The number of rotatable bonds is 6. The van der Waals surface area contributed by atoms with E-state index in [1.54, 1.807) is 19.5 Å². The Morgan fingerprint density at radius 2 is 2.10 bits per heavy atom. The highest BCUT2D eigenvalue weighted by molar-refractivity contribution is 5.30. The molecule has 7 nitrogen and oxygen atoms in total. The van der Waals surface area contributed by atoms with Gasteiger partial charge in [0.1, 0.15) is 11.7 Å². The van der Waals surface area contributed by atoms with E-state index < -0.39 is 0 Å². The molecule has 7 heteroatoms. The predicted octanol–water partition coefficient (Wildman–Crippen LogP) is 0.817. The second-order valence-electron chi connectivity index (χ2n) is 4.28. The van der Waals surface area contributed by atoms with Crippen LogP contribution in [0.2, 0.25) is 0 Å². The molecule has 0 aliphatic carbocycles. The highest BCUT2D eigenvalue weighted by Crippen LogP contribution is 2.26. The molecule has 0 saturated heterocycles. The molecule has 0 aliphatic heterocycles. The van der Waals surface area contributed by atoms with Gasteiger partial charge in [-0.3, -0.25) is 15.5 Å². The standard InChI is InChI=1S/C13H20N6O/c1-4-9-8-10(19(5-2)18-9)11(17-14)12-13(20-3)16-7-6-15-12/h6-8,11,17H,4-5,14H2,1-3H3. The average Bonchev–Trinajstić information content (AvgIpc) is 2.92. The Morgan fingerprint density at radius 1 is 1.35 bits per heavy atom. The van der Waals surface area contributed by atoms with E-state index in [0.717, 1.165) is 24.4 Å². The molecular formula is C13H20N6O. The lowest BCUT2D eigenvalue weighted by Gasteiger charge is -2.17. The third-order valence-corrected chi connectivity index (χ3v) is 3.14. The van der Waals surface area contributed by atoms with Gasteiger partial charge >= 0.3 is 0 Å². The number of ether oxygens (including phenoxy) is 1. The van der Waals surface area contributed by atoms with Crippen LogP contribution in [0.1, 0.15) is 37.0 Å². The first-order valence-electron chi connectivity index (χ1n) is 6.62. The topological polar surface area (TPSA) is 90.9 Å². The molecule has 20 heavy (non-hydrogen) atoms. The van der Waals surface area contributed by atoms with Gasteiger partial charge in [0.2, 0.25) is 5.88 Å². The summed E-state index contributed by atoms with van der Waals surface area (Å²) in [5.74, 6) is 6.18. The Bertz CT molecular complexity index is 568. The van der Waals surface area contributed by atoms with Crippen LogP contribution in [0.15, 0.2) is 18.5 Å².